The number of ether oxygens (including phenoxy) is 3. The van der Waals surface area contributed by atoms with Gasteiger partial charge in [-0.2, -0.15) is 0 Å². The van der Waals surface area contributed by atoms with Crippen molar-refractivity contribution in [2.24, 2.45) is 0 Å². The summed E-state index contributed by atoms with van der Waals surface area (Å²) in [6, 6.07) is 20.8. The van der Waals surface area contributed by atoms with Gasteiger partial charge < -0.3 is 24.0 Å². The number of anilines is 2. The number of piperazine rings is 1. The summed E-state index contributed by atoms with van der Waals surface area (Å²) in [4.78, 5) is 17.2. The number of hydrogen-bond acceptors (Lipinski definition) is 7. The van der Waals surface area contributed by atoms with E-state index in [0.29, 0.717) is 37.6 Å². The first-order chi connectivity index (χ1) is 17.9. The van der Waals surface area contributed by atoms with Crippen LogP contribution in [0.15, 0.2) is 77.7 Å². The van der Waals surface area contributed by atoms with Crippen molar-refractivity contribution in [2.45, 2.75) is 4.90 Å². The van der Waals surface area contributed by atoms with Crippen molar-refractivity contribution in [3.05, 3.63) is 72.8 Å². The van der Waals surface area contributed by atoms with Gasteiger partial charge >= 0.3 is 0 Å². The van der Waals surface area contributed by atoms with Gasteiger partial charge in [0.2, 0.25) is 5.91 Å². The third kappa shape index (κ3) is 5.59. The second-order valence-electron chi connectivity index (χ2n) is 8.40. The minimum absolute atomic E-state index is 0.00259. The fourth-order valence-corrected chi connectivity index (χ4v) is 5.75. The van der Waals surface area contributed by atoms with Crippen LogP contribution in [0.4, 0.5) is 11.4 Å². The minimum Gasteiger partial charge on any atom is -0.495 e. The first-order valence-electron chi connectivity index (χ1n) is 11.8. The topological polar surface area (TPSA) is 88.6 Å². The first-order valence-corrected chi connectivity index (χ1v) is 13.3. The molecule has 0 bridgehead atoms. The summed E-state index contributed by atoms with van der Waals surface area (Å²) in [5, 5.41) is 0. The summed E-state index contributed by atoms with van der Waals surface area (Å²) in [6.07, 6.45) is 0. The van der Waals surface area contributed by atoms with E-state index in [1.54, 1.807) is 42.3 Å². The van der Waals surface area contributed by atoms with Gasteiger partial charge in [-0.15, -0.1) is 0 Å². The molecule has 9 nitrogen and oxygen atoms in total. The number of para-hydroxylation sites is 3. The molecule has 37 heavy (non-hydrogen) atoms. The Balaban J connectivity index is 1.55. The Bertz CT molecular complexity index is 1320. The maximum absolute atomic E-state index is 13.8. The first kappa shape index (κ1) is 26.2. The molecule has 0 N–H and O–H groups in total. The lowest BCUT2D eigenvalue weighted by atomic mass is 10.2. The highest BCUT2D eigenvalue weighted by Crippen LogP contribution is 2.32. The average molecular weight is 526 g/mol. The van der Waals surface area contributed by atoms with Gasteiger partial charge in [0.15, 0.2) is 11.5 Å². The largest absolute Gasteiger partial charge is 0.495 e. The molecule has 0 atom stereocenters. The zero-order chi connectivity index (χ0) is 26.4. The van der Waals surface area contributed by atoms with Gasteiger partial charge in [-0.1, -0.05) is 30.3 Å². The molecule has 1 fully saturated rings. The Kier molecular flexibility index (Phi) is 8.08. The van der Waals surface area contributed by atoms with E-state index in [4.69, 9.17) is 14.2 Å². The SMILES string of the molecule is COc1ccc(S(=O)(=O)N(CC(=O)N2CCN(c3ccccc3OC)CC2)c2ccccc2)cc1OC. The zero-order valence-electron chi connectivity index (χ0n) is 21.2. The molecule has 10 heteroatoms. The average Bonchev–Trinajstić information content (AvgIpc) is 2.95. The molecule has 3 aromatic rings. The Morgan fingerprint density at radius 2 is 1.41 bits per heavy atom. The molecule has 1 amide bonds. The van der Waals surface area contributed by atoms with Crippen molar-refractivity contribution in [3.63, 3.8) is 0 Å². The number of benzene rings is 3. The molecule has 1 saturated heterocycles. The van der Waals surface area contributed by atoms with Crippen LogP contribution in [0.2, 0.25) is 0 Å². The van der Waals surface area contributed by atoms with E-state index in [9.17, 15) is 13.2 Å². The van der Waals surface area contributed by atoms with Gasteiger partial charge in [0.25, 0.3) is 10.0 Å². The van der Waals surface area contributed by atoms with Gasteiger partial charge in [0.05, 0.1) is 37.6 Å². The Morgan fingerprint density at radius 3 is 2.05 bits per heavy atom. The molecule has 0 spiro atoms. The predicted molar refractivity (Wildman–Crippen MR) is 142 cm³/mol. The molecule has 1 aliphatic heterocycles. The van der Waals surface area contributed by atoms with Crippen molar-refractivity contribution in [1.29, 1.82) is 0 Å². The molecule has 196 valence electrons. The lowest BCUT2D eigenvalue weighted by molar-refractivity contribution is -0.129. The number of carbonyl (C=O) groups excluding carboxylic acids is 1. The van der Waals surface area contributed by atoms with Crippen molar-refractivity contribution in [1.82, 2.24) is 4.90 Å². The molecule has 0 aliphatic carbocycles. The summed E-state index contributed by atoms with van der Waals surface area (Å²) in [7, 11) is 0.472. The van der Waals surface area contributed by atoms with Crippen molar-refractivity contribution in [3.8, 4) is 17.2 Å². The van der Waals surface area contributed by atoms with Gasteiger partial charge in [0.1, 0.15) is 12.3 Å². The number of methoxy groups -OCH3 is 3. The summed E-state index contributed by atoms with van der Waals surface area (Å²) in [6.45, 7) is 1.83. The fraction of sp³-hybridized carbons (Fsp3) is 0.296. The highest BCUT2D eigenvalue weighted by molar-refractivity contribution is 7.92. The van der Waals surface area contributed by atoms with Gasteiger partial charge in [-0.25, -0.2) is 8.42 Å². The van der Waals surface area contributed by atoms with E-state index in [1.807, 2.05) is 24.3 Å². The Hall–Kier alpha value is -3.92. The second kappa shape index (κ2) is 11.4. The predicted octanol–water partition coefficient (Wildman–Crippen LogP) is 3.26. The number of sulfonamides is 1. The quantitative estimate of drug-likeness (QED) is 0.424. The van der Waals surface area contributed by atoms with E-state index in [1.165, 1.54) is 32.4 Å². The van der Waals surface area contributed by atoms with Gasteiger partial charge in [-0.3, -0.25) is 9.10 Å². The minimum atomic E-state index is -4.08. The van der Waals surface area contributed by atoms with Crippen LogP contribution in [-0.4, -0.2) is 73.3 Å². The molecule has 0 saturated carbocycles. The van der Waals surface area contributed by atoms with Crippen molar-refractivity contribution < 1.29 is 27.4 Å². The monoisotopic (exact) mass is 525 g/mol. The Morgan fingerprint density at radius 1 is 0.784 bits per heavy atom. The standard InChI is InChI=1S/C27H31N3O6S/c1-34-24-12-8-7-11-23(24)28-15-17-29(18-16-28)27(31)20-30(21-9-5-4-6-10-21)37(32,33)22-13-14-25(35-2)26(19-22)36-3/h4-14,19H,15-18,20H2,1-3H3. The number of amides is 1. The van der Waals surface area contributed by atoms with Crippen LogP contribution in [0.1, 0.15) is 0 Å². The van der Waals surface area contributed by atoms with Gasteiger partial charge in [0, 0.05) is 32.2 Å². The molecule has 1 heterocycles. The molecule has 0 aromatic heterocycles. The van der Waals surface area contributed by atoms with E-state index < -0.39 is 10.0 Å². The second-order valence-corrected chi connectivity index (χ2v) is 10.3. The molecule has 3 aromatic carbocycles. The van der Waals surface area contributed by atoms with Crippen molar-refractivity contribution >= 4 is 27.3 Å². The Labute approximate surface area is 217 Å². The van der Waals surface area contributed by atoms with E-state index in [-0.39, 0.29) is 23.1 Å². The third-order valence-electron chi connectivity index (χ3n) is 6.32. The van der Waals surface area contributed by atoms with Crippen LogP contribution in [-0.2, 0) is 14.8 Å². The van der Waals surface area contributed by atoms with Crippen molar-refractivity contribution in [2.75, 3.05) is 63.3 Å². The molecule has 0 radical (unpaired) electrons. The summed E-state index contributed by atoms with van der Waals surface area (Å²) in [5.74, 6) is 1.21. The van der Waals surface area contributed by atoms with Crippen LogP contribution in [0, 0.1) is 0 Å². The lowest BCUT2D eigenvalue weighted by Gasteiger charge is -2.37. The van der Waals surface area contributed by atoms with Crippen LogP contribution in [0.3, 0.4) is 0 Å². The van der Waals surface area contributed by atoms with Crippen LogP contribution in [0.25, 0.3) is 0 Å². The van der Waals surface area contributed by atoms with E-state index >= 15 is 0 Å². The molecular weight excluding hydrogens is 494 g/mol. The van der Waals surface area contributed by atoms with E-state index in [0.717, 1.165) is 15.7 Å². The number of carbonyl (C=O) groups is 1. The fourth-order valence-electron chi connectivity index (χ4n) is 4.32. The van der Waals surface area contributed by atoms with Crippen LogP contribution >= 0.6 is 0 Å². The smallest absolute Gasteiger partial charge is 0.264 e. The summed E-state index contributed by atoms with van der Waals surface area (Å²) in [5.41, 5.74) is 1.37. The molecule has 0 unspecified atom stereocenters. The molecular formula is C27H31N3O6S. The number of rotatable bonds is 9. The molecule has 4 rings (SSSR count). The lowest BCUT2D eigenvalue weighted by Crippen LogP contribution is -2.52. The molecule has 1 aliphatic rings. The maximum Gasteiger partial charge on any atom is 0.264 e. The normalized spacial score (nSPS) is 13.7. The number of hydrogen-bond donors (Lipinski definition) is 0. The maximum atomic E-state index is 13.8. The van der Waals surface area contributed by atoms with Crippen LogP contribution < -0.4 is 23.4 Å². The van der Waals surface area contributed by atoms with Gasteiger partial charge in [-0.05, 0) is 36.4 Å². The summed E-state index contributed by atoms with van der Waals surface area (Å²) < 4.78 is 44.7. The third-order valence-corrected chi connectivity index (χ3v) is 8.09. The highest BCUT2D eigenvalue weighted by Gasteiger charge is 2.31. The highest BCUT2D eigenvalue weighted by atomic mass is 32.2. The summed E-state index contributed by atoms with van der Waals surface area (Å²) >= 11 is 0. The van der Waals surface area contributed by atoms with Crippen LogP contribution in [0.5, 0.6) is 17.2 Å². The van der Waals surface area contributed by atoms with E-state index in [2.05, 4.69) is 4.90 Å². The number of nitrogens with zero attached hydrogens (tertiary/aromatic N) is 3. The zero-order valence-corrected chi connectivity index (χ0v) is 22.0.